The van der Waals surface area contributed by atoms with Crippen molar-refractivity contribution < 1.29 is 9.53 Å². The van der Waals surface area contributed by atoms with Gasteiger partial charge in [-0.25, -0.2) is 4.98 Å². The summed E-state index contributed by atoms with van der Waals surface area (Å²) in [5, 5.41) is 3.01. The minimum atomic E-state index is -0.114. The Balaban J connectivity index is 1.58. The van der Waals surface area contributed by atoms with Crippen LogP contribution in [0.4, 0.5) is 0 Å². The van der Waals surface area contributed by atoms with Gasteiger partial charge in [-0.3, -0.25) is 4.79 Å². The first-order valence-electron chi connectivity index (χ1n) is 6.77. The van der Waals surface area contributed by atoms with Gasteiger partial charge >= 0.3 is 0 Å². The number of nitrogens with zero attached hydrogens (tertiary/aromatic N) is 1. The molecular weight excluding hydrogens is 266 g/mol. The van der Waals surface area contributed by atoms with E-state index in [0.717, 1.165) is 22.3 Å². The van der Waals surface area contributed by atoms with Crippen LogP contribution in [0.2, 0.25) is 0 Å². The Morgan fingerprint density at radius 3 is 3.14 bits per heavy atom. The Kier molecular flexibility index (Phi) is 2.64. The number of hydrogen-bond acceptors (Lipinski definition) is 3. The number of hydrogen-bond donors (Lipinski definition) is 2. The molecule has 21 heavy (non-hydrogen) atoms. The van der Waals surface area contributed by atoms with Crippen molar-refractivity contribution in [3.63, 3.8) is 0 Å². The SMILES string of the molecule is O=C(N[C@H]1COc2ccccc21)c1ccc2nc[nH]c2c1. The van der Waals surface area contributed by atoms with Crippen molar-refractivity contribution in [3.05, 3.63) is 59.9 Å². The smallest absolute Gasteiger partial charge is 0.251 e. The van der Waals surface area contributed by atoms with Gasteiger partial charge in [0.25, 0.3) is 5.91 Å². The van der Waals surface area contributed by atoms with Crippen molar-refractivity contribution in [1.29, 1.82) is 0 Å². The van der Waals surface area contributed by atoms with E-state index in [1.807, 2.05) is 30.3 Å². The molecular formula is C16H13N3O2. The molecule has 1 aliphatic rings. The van der Waals surface area contributed by atoms with Crippen LogP contribution in [-0.2, 0) is 0 Å². The van der Waals surface area contributed by atoms with E-state index in [-0.39, 0.29) is 11.9 Å². The molecule has 2 heterocycles. The number of para-hydroxylation sites is 1. The molecule has 0 unspecified atom stereocenters. The fourth-order valence-corrected chi connectivity index (χ4v) is 2.60. The number of H-pyrrole nitrogens is 1. The van der Waals surface area contributed by atoms with Crippen molar-refractivity contribution >= 4 is 16.9 Å². The minimum Gasteiger partial charge on any atom is -0.491 e. The molecule has 0 saturated heterocycles. The molecule has 1 atom stereocenters. The highest BCUT2D eigenvalue weighted by molar-refractivity contribution is 5.97. The van der Waals surface area contributed by atoms with Crippen LogP contribution in [0.15, 0.2) is 48.8 Å². The van der Waals surface area contributed by atoms with Gasteiger partial charge in [-0.05, 0) is 24.3 Å². The van der Waals surface area contributed by atoms with Gasteiger partial charge in [0.1, 0.15) is 12.4 Å². The zero-order chi connectivity index (χ0) is 14.2. The Morgan fingerprint density at radius 1 is 1.29 bits per heavy atom. The number of ether oxygens (including phenoxy) is 1. The summed E-state index contributed by atoms with van der Waals surface area (Å²) in [6.07, 6.45) is 1.62. The number of nitrogens with one attached hydrogen (secondary N) is 2. The first-order chi connectivity index (χ1) is 10.3. The average Bonchev–Trinajstić information content (AvgIpc) is 3.13. The molecule has 0 bridgehead atoms. The normalized spacial score (nSPS) is 16.5. The Labute approximate surface area is 121 Å². The number of carbonyl (C=O) groups is 1. The lowest BCUT2D eigenvalue weighted by Gasteiger charge is -2.11. The molecule has 0 fully saturated rings. The maximum Gasteiger partial charge on any atom is 0.251 e. The van der Waals surface area contributed by atoms with Gasteiger partial charge in [-0.15, -0.1) is 0 Å². The number of benzene rings is 2. The van der Waals surface area contributed by atoms with Crippen molar-refractivity contribution in [2.75, 3.05) is 6.61 Å². The van der Waals surface area contributed by atoms with Gasteiger partial charge in [-0.2, -0.15) is 0 Å². The van der Waals surface area contributed by atoms with Crippen molar-refractivity contribution in [1.82, 2.24) is 15.3 Å². The molecule has 0 radical (unpaired) electrons. The minimum absolute atomic E-state index is 0.105. The molecule has 5 heteroatoms. The van der Waals surface area contributed by atoms with Gasteiger partial charge in [0.05, 0.1) is 23.4 Å². The zero-order valence-electron chi connectivity index (χ0n) is 11.2. The lowest BCUT2D eigenvalue weighted by atomic mass is 10.1. The summed E-state index contributed by atoms with van der Waals surface area (Å²) in [7, 11) is 0. The third kappa shape index (κ3) is 2.03. The number of fused-ring (bicyclic) bond motifs is 2. The van der Waals surface area contributed by atoms with Crippen LogP contribution in [0.3, 0.4) is 0 Å². The summed E-state index contributed by atoms with van der Waals surface area (Å²) in [4.78, 5) is 19.5. The number of carbonyl (C=O) groups excluding carboxylic acids is 1. The molecule has 5 nitrogen and oxygen atoms in total. The fraction of sp³-hybridized carbons (Fsp3) is 0.125. The third-order valence-corrected chi connectivity index (χ3v) is 3.69. The molecule has 104 valence electrons. The molecule has 0 spiro atoms. The first-order valence-corrected chi connectivity index (χ1v) is 6.77. The average molecular weight is 279 g/mol. The largest absolute Gasteiger partial charge is 0.491 e. The number of rotatable bonds is 2. The number of imidazole rings is 1. The van der Waals surface area contributed by atoms with E-state index in [1.54, 1.807) is 18.5 Å². The van der Waals surface area contributed by atoms with Gasteiger partial charge in [-0.1, -0.05) is 18.2 Å². The highest BCUT2D eigenvalue weighted by Gasteiger charge is 2.25. The van der Waals surface area contributed by atoms with Crippen LogP contribution in [-0.4, -0.2) is 22.5 Å². The molecule has 0 aliphatic carbocycles. The molecule has 1 aromatic heterocycles. The summed E-state index contributed by atoms with van der Waals surface area (Å²) >= 11 is 0. The van der Waals surface area contributed by atoms with E-state index in [2.05, 4.69) is 15.3 Å². The molecule has 3 aromatic rings. The van der Waals surface area contributed by atoms with Gasteiger partial charge in [0, 0.05) is 11.1 Å². The molecule has 2 aromatic carbocycles. The number of amides is 1. The Bertz CT molecular complexity index is 825. The number of aromatic nitrogens is 2. The number of aromatic amines is 1. The van der Waals surface area contributed by atoms with Crippen LogP contribution < -0.4 is 10.1 Å². The van der Waals surface area contributed by atoms with Crippen molar-refractivity contribution in [3.8, 4) is 5.75 Å². The fourth-order valence-electron chi connectivity index (χ4n) is 2.60. The monoisotopic (exact) mass is 279 g/mol. The lowest BCUT2D eigenvalue weighted by molar-refractivity contribution is 0.0930. The van der Waals surface area contributed by atoms with Crippen molar-refractivity contribution in [2.24, 2.45) is 0 Å². The van der Waals surface area contributed by atoms with Crippen molar-refractivity contribution in [2.45, 2.75) is 6.04 Å². The van der Waals surface area contributed by atoms with Crippen LogP contribution in [0.25, 0.3) is 11.0 Å². The zero-order valence-corrected chi connectivity index (χ0v) is 11.2. The molecule has 1 aliphatic heterocycles. The maximum absolute atomic E-state index is 12.4. The molecule has 0 saturated carbocycles. The lowest BCUT2D eigenvalue weighted by Crippen LogP contribution is -2.29. The molecule has 1 amide bonds. The Morgan fingerprint density at radius 2 is 2.19 bits per heavy atom. The van der Waals surface area contributed by atoms with Crippen LogP contribution in [0.5, 0.6) is 5.75 Å². The highest BCUT2D eigenvalue weighted by Crippen LogP contribution is 2.31. The summed E-state index contributed by atoms with van der Waals surface area (Å²) in [5.41, 5.74) is 3.33. The second-order valence-electron chi connectivity index (χ2n) is 5.01. The third-order valence-electron chi connectivity index (χ3n) is 3.69. The van der Waals surface area contributed by atoms with Gasteiger partial charge in [0.15, 0.2) is 0 Å². The predicted octanol–water partition coefficient (Wildman–Crippen LogP) is 2.43. The summed E-state index contributed by atoms with van der Waals surface area (Å²) in [5.74, 6) is 0.726. The maximum atomic E-state index is 12.4. The topological polar surface area (TPSA) is 67.0 Å². The highest BCUT2D eigenvalue weighted by atomic mass is 16.5. The van der Waals surface area contributed by atoms with Gasteiger partial charge in [0.2, 0.25) is 0 Å². The summed E-state index contributed by atoms with van der Waals surface area (Å²) < 4.78 is 5.57. The van der Waals surface area contributed by atoms with E-state index >= 15 is 0 Å². The van der Waals surface area contributed by atoms with E-state index in [0.29, 0.717) is 12.2 Å². The van der Waals surface area contributed by atoms with E-state index in [9.17, 15) is 4.79 Å². The summed E-state index contributed by atoms with van der Waals surface area (Å²) in [6.45, 7) is 0.470. The molecule has 2 N–H and O–H groups in total. The predicted molar refractivity (Wildman–Crippen MR) is 78.2 cm³/mol. The quantitative estimate of drug-likeness (QED) is 0.757. The first kappa shape index (κ1) is 12.0. The standard InChI is InChI=1S/C16H13N3O2/c20-16(10-5-6-12-13(7-10)18-9-17-12)19-14-8-21-15-4-2-1-3-11(14)15/h1-7,9,14H,8H2,(H,17,18)(H,19,20)/t14-/m0/s1. The second-order valence-corrected chi connectivity index (χ2v) is 5.01. The van der Waals surface area contributed by atoms with E-state index < -0.39 is 0 Å². The van der Waals surface area contributed by atoms with E-state index in [1.165, 1.54) is 0 Å². The second kappa shape index (κ2) is 4.63. The van der Waals surface area contributed by atoms with Crippen LogP contribution in [0.1, 0.15) is 22.0 Å². The van der Waals surface area contributed by atoms with E-state index in [4.69, 9.17) is 4.74 Å². The van der Waals surface area contributed by atoms with Crippen LogP contribution >= 0.6 is 0 Å². The summed E-state index contributed by atoms with van der Waals surface area (Å²) in [6, 6.07) is 13.1. The Hall–Kier alpha value is -2.82. The van der Waals surface area contributed by atoms with Crippen LogP contribution in [0, 0.1) is 0 Å². The molecule has 4 rings (SSSR count). The van der Waals surface area contributed by atoms with Gasteiger partial charge < -0.3 is 15.0 Å².